The highest BCUT2D eigenvalue weighted by atomic mass is 15.2. The fourth-order valence-electron chi connectivity index (χ4n) is 1.96. The van der Waals surface area contributed by atoms with Gasteiger partial charge in [0.25, 0.3) is 0 Å². The van der Waals surface area contributed by atoms with Crippen molar-refractivity contribution in [1.82, 2.24) is 10.2 Å². The molecular formula is C19H20N2. The lowest BCUT2D eigenvalue weighted by molar-refractivity contribution is 0.567. The van der Waals surface area contributed by atoms with Crippen LogP contribution in [0.2, 0.25) is 0 Å². The molecule has 1 N–H and O–H groups in total. The van der Waals surface area contributed by atoms with Gasteiger partial charge in [-0.25, -0.2) is 0 Å². The minimum Gasteiger partial charge on any atom is -0.342 e. The summed E-state index contributed by atoms with van der Waals surface area (Å²) in [5.74, 6) is 0.734. The van der Waals surface area contributed by atoms with Crippen LogP contribution >= 0.6 is 0 Å². The molecule has 0 fully saturated rings. The summed E-state index contributed by atoms with van der Waals surface area (Å²) in [5.41, 5.74) is 3.80. The van der Waals surface area contributed by atoms with Crippen molar-refractivity contribution in [2.24, 2.45) is 0 Å². The summed E-state index contributed by atoms with van der Waals surface area (Å²) in [5, 5.41) is 3.22. The van der Waals surface area contributed by atoms with Crippen LogP contribution < -0.4 is 5.32 Å². The van der Waals surface area contributed by atoms with Crippen LogP contribution in [0.15, 0.2) is 86.2 Å². The van der Waals surface area contributed by atoms with Gasteiger partial charge in [0.1, 0.15) is 5.82 Å². The molecule has 0 radical (unpaired) electrons. The molecule has 0 aliphatic carbocycles. The van der Waals surface area contributed by atoms with E-state index in [1.54, 1.807) is 0 Å². The quantitative estimate of drug-likeness (QED) is 0.845. The minimum atomic E-state index is 0.734. The van der Waals surface area contributed by atoms with Gasteiger partial charge in [0.05, 0.1) is 0 Å². The fraction of sp³-hybridized carbons (Fsp3) is 0.0526. The minimum absolute atomic E-state index is 0.734. The summed E-state index contributed by atoms with van der Waals surface area (Å²) < 4.78 is 0. The molecule has 21 heavy (non-hydrogen) atoms. The molecule has 0 saturated heterocycles. The predicted octanol–water partition coefficient (Wildman–Crippen LogP) is 4.32. The Balaban J connectivity index is 2.03. The first-order chi connectivity index (χ1) is 10.1. The zero-order chi connectivity index (χ0) is 15.2. The zero-order valence-corrected chi connectivity index (χ0v) is 12.3. The molecule has 0 saturated carbocycles. The molecule has 0 aliphatic rings. The second-order valence-electron chi connectivity index (χ2n) is 4.79. The van der Waals surface area contributed by atoms with Crippen molar-refractivity contribution in [3.63, 3.8) is 0 Å². The molecule has 2 aromatic carbocycles. The first-order valence-corrected chi connectivity index (χ1v) is 6.78. The molecule has 2 rings (SSSR count). The van der Waals surface area contributed by atoms with E-state index < -0.39 is 0 Å². The van der Waals surface area contributed by atoms with Crippen LogP contribution in [-0.2, 0) is 0 Å². The van der Waals surface area contributed by atoms with Crippen LogP contribution in [-0.4, -0.2) is 11.9 Å². The van der Waals surface area contributed by atoms with E-state index in [0.717, 1.165) is 28.3 Å². The molecule has 0 heterocycles. The maximum Gasteiger partial charge on any atom is 0.103 e. The fourth-order valence-corrected chi connectivity index (χ4v) is 1.96. The highest BCUT2D eigenvalue weighted by Gasteiger charge is 2.09. The molecule has 0 atom stereocenters. The third-order valence-electron chi connectivity index (χ3n) is 3.33. The molecule has 0 amide bonds. The number of nitrogens with one attached hydrogen (secondary N) is 1. The van der Waals surface area contributed by atoms with Gasteiger partial charge in [-0.3, -0.25) is 0 Å². The monoisotopic (exact) mass is 276 g/mol. The van der Waals surface area contributed by atoms with Crippen LogP contribution in [0, 0.1) is 0 Å². The van der Waals surface area contributed by atoms with Crippen LogP contribution in [0.4, 0.5) is 0 Å². The molecule has 0 aliphatic heterocycles. The van der Waals surface area contributed by atoms with Gasteiger partial charge in [0.2, 0.25) is 0 Å². The van der Waals surface area contributed by atoms with Crippen molar-refractivity contribution in [3.8, 4) is 0 Å². The largest absolute Gasteiger partial charge is 0.342 e. The molecular weight excluding hydrogens is 256 g/mol. The van der Waals surface area contributed by atoms with Crippen molar-refractivity contribution >= 4 is 11.4 Å². The summed E-state index contributed by atoms with van der Waals surface area (Å²) in [4.78, 5) is 1.92. The Morgan fingerprint density at radius 2 is 1.29 bits per heavy atom. The standard InChI is InChI=1S/C19H20N2/c1-15(18-11-7-5-8-12-18)20-17(3)21(4)16(2)19-13-9-6-10-14-19/h5-14,20H,1-3H2,4H3. The Bertz CT molecular complexity index is 642. The first kappa shape index (κ1) is 14.7. The average molecular weight is 276 g/mol. The molecule has 0 bridgehead atoms. The summed E-state index contributed by atoms with van der Waals surface area (Å²) in [7, 11) is 1.93. The molecule has 2 nitrogen and oxygen atoms in total. The SMILES string of the molecule is C=C(NC(=C)N(C)C(=C)c1ccccc1)c1ccccc1. The highest BCUT2D eigenvalue weighted by molar-refractivity contribution is 5.66. The van der Waals surface area contributed by atoms with Crippen molar-refractivity contribution in [2.75, 3.05) is 7.05 Å². The van der Waals surface area contributed by atoms with E-state index in [4.69, 9.17) is 0 Å². The van der Waals surface area contributed by atoms with Crippen LogP contribution in [0.25, 0.3) is 11.4 Å². The second kappa shape index (κ2) is 6.62. The number of nitrogens with zero attached hydrogens (tertiary/aromatic N) is 1. The average Bonchev–Trinajstić information content (AvgIpc) is 2.55. The van der Waals surface area contributed by atoms with Gasteiger partial charge in [-0.2, -0.15) is 0 Å². The predicted molar refractivity (Wildman–Crippen MR) is 91.0 cm³/mol. The Hall–Kier alpha value is -2.74. The maximum atomic E-state index is 4.12. The summed E-state index contributed by atoms with van der Waals surface area (Å²) in [6, 6.07) is 20.0. The Kier molecular flexibility index (Phi) is 4.62. The molecule has 0 unspecified atom stereocenters. The number of benzene rings is 2. The number of hydrogen-bond donors (Lipinski definition) is 1. The second-order valence-corrected chi connectivity index (χ2v) is 4.79. The van der Waals surface area contributed by atoms with Crippen LogP contribution in [0.1, 0.15) is 11.1 Å². The summed E-state index contributed by atoms with van der Waals surface area (Å²) >= 11 is 0. The Morgan fingerprint density at radius 1 is 0.810 bits per heavy atom. The lowest BCUT2D eigenvalue weighted by atomic mass is 10.1. The van der Waals surface area contributed by atoms with Gasteiger partial charge in [-0.1, -0.05) is 80.4 Å². The number of hydrogen-bond acceptors (Lipinski definition) is 2. The summed E-state index contributed by atoms with van der Waals surface area (Å²) in [6.45, 7) is 12.2. The molecule has 106 valence electrons. The van der Waals surface area contributed by atoms with Crippen molar-refractivity contribution in [2.45, 2.75) is 0 Å². The van der Waals surface area contributed by atoms with Gasteiger partial charge < -0.3 is 10.2 Å². The molecule has 0 aromatic heterocycles. The van der Waals surface area contributed by atoms with E-state index in [-0.39, 0.29) is 0 Å². The van der Waals surface area contributed by atoms with Crippen molar-refractivity contribution < 1.29 is 0 Å². The van der Waals surface area contributed by atoms with Gasteiger partial charge in [-0.05, 0) is 11.1 Å². The lowest BCUT2D eigenvalue weighted by Crippen LogP contribution is -2.25. The van der Waals surface area contributed by atoms with E-state index in [1.807, 2.05) is 72.6 Å². The third kappa shape index (κ3) is 3.63. The Morgan fingerprint density at radius 3 is 1.81 bits per heavy atom. The lowest BCUT2D eigenvalue weighted by Gasteiger charge is -2.25. The Labute approximate surface area is 126 Å². The third-order valence-corrected chi connectivity index (χ3v) is 3.33. The van der Waals surface area contributed by atoms with E-state index >= 15 is 0 Å². The highest BCUT2D eigenvalue weighted by Crippen LogP contribution is 2.19. The van der Waals surface area contributed by atoms with Crippen molar-refractivity contribution in [3.05, 3.63) is 97.3 Å². The molecule has 2 heteroatoms. The zero-order valence-electron chi connectivity index (χ0n) is 12.3. The normalized spacial score (nSPS) is 9.76. The molecule has 2 aromatic rings. The smallest absolute Gasteiger partial charge is 0.103 e. The topological polar surface area (TPSA) is 15.3 Å². The summed E-state index contributed by atoms with van der Waals surface area (Å²) in [6.07, 6.45) is 0. The van der Waals surface area contributed by atoms with E-state index in [2.05, 4.69) is 25.1 Å². The van der Waals surface area contributed by atoms with E-state index in [1.165, 1.54) is 0 Å². The number of rotatable bonds is 6. The van der Waals surface area contributed by atoms with Crippen LogP contribution in [0.3, 0.4) is 0 Å². The van der Waals surface area contributed by atoms with Gasteiger partial charge >= 0.3 is 0 Å². The van der Waals surface area contributed by atoms with E-state index in [9.17, 15) is 0 Å². The van der Waals surface area contributed by atoms with Crippen molar-refractivity contribution in [1.29, 1.82) is 0 Å². The van der Waals surface area contributed by atoms with Gasteiger partial charge in [0.15, 0.2) is 0 Å². The first-order valence-electron chi connectivity index (χ1n) is 6.78. The maximum absolute atomic E-state index is 4.12. The van der Waals surface area contributed by atoms with Gasteiger partial charge in [-0.15, -0.1) is 0 Å². The van der Waals surface area contributed by atoms with E-state index in [0.29, 0.717) is 0 Å². The molecule has 0 spiro atoms. The van der Waals surface area contributed by atoms with Crippen LogP contribution in [0.5, 0.6) is 0 Å². The van der Waals surface area contributed by atoms with Gasteiger partial charge in [0, 0.05) is 18.4 Å².